The van der Waals surface area contributed by atoms with E-state index >= 15 is 0 Å². The number of rotatable bonds is 7. The Morgan fingerprint density at radius 1 is 1.11 bits per heavy atom. The molecule has 1 N–H and O–H groups in total. The van der Waals surface area contributed by atoms with E-state index in [1.807, 2.05) is 50.0 Å². The van der Waals surface area contributed by atoms with E-state index in [1.54, 1.807) is 23.3 Å². The Balaban J connectivity index is 1.55. The van der Waals surface area contributed by atoms with Crippen molar-refractivity contribution in [2.24, 2.45) is 7.05 Å². The molecule has 0 spiro atoms. The average molecular weight is 359 g/mol. The molecule has 0 saturated heterocycles. The Morgan fingerprint density at radius 3 is 2.74 bits per heavy atom. The Bertz CT molecular complexity index is 977. The van der Waals surface area contributed by atoms with Crippen LogP contribution in [0.4, 0.5) is 5.95 Å². The molecular weight excluding hydrogens is 338 g/mol. The minimum absolute atomic E-state index is 0.0951. The lowest BCUT2D eigenvalue weighted by Crippen LogP contribution is -2.15. The highest BCUT2D eigenvalue weighted by Crippen LogP contribution is 2.23. The second-order valence-corrected chi connectivity index (χ2v) is 6.36. The van der Waals surface area contributed by atoms with E-state index in [-0.39, 0.29) is 6.04 Å². The lowest BCUT2D eigenvalue weighted by molar-refractivity contribution is 0.581. The molecule has 0 radical (unpaired) electrons. The largest absolute Gasteiger partial charge is 0.347 e. The van der Waals surface area contributed by atoms with E-state index in [0.29, 0.717) is 5.95 Å². The van der Waals surface area contributed by atoms with Crippen LogP contribution < -0.4 is 5.32 Å². The van der Waals surface area contributed by atoms with Gasteiger partial charge in [-0.15, -0.1) is 0 Å². The normalized spacial score (nSPS) is 12.0. The van der Waals surface area contributed by atoms with Crippen LogP contribution in [0.3, 0.4) is 0 Å². The molecule has 0 aliphatic heterocycles. The van der Waals surface area contributed by atoms with Crippen molar-refractivity contribution >= 4 is 5.95 Å². The second kappa shape index (κ2) is 7.82. The molecule has 0 fully saturated rings. The molecule has 27 heavy (non-hydrogen) atoms. The van der Waals surface area contributed by atoms with Gasteiger partial charge in [-0.25, -0.2) is 15.0 Å². The maximum Gasteiger partial charge on any atom is 0.223 e. The first-order chi connectivity index (χ1) is 13.3. The van der Waals surface area contributed by atoms with Gasteiger partial charge in [0, 0.05) is 43.9 Å². The van der Waals surface area contributed by atoms with Crippen LogP contribution in [-0.4, -0.2) is 29.3 Å². The van der Waals surface area contributed by atoms with Gasteiger partial charge in [0.05, 0.1) is 24.3 Å². The van der Waals surface area contributed by atoms with Crippen LogP contribution in [0.5, 0.6) is 0 Å². The second-order valence-electron chi connectivity index (χ2n) is 6.36. The minimum atomic E-state index is 0.0951. The average Bonchev–Trinajstić information content (AvgIpc) is 3.38. The van der Waals surface area contributed by atoms with E-state index in [1.165, 1.54) is 5.56 Å². The van der Waals surface area contributed by atoms with Crippen molar-refractivity contribution in [3.05, 3.63) is 79.3 Å². The summed E-state index contributed by atoms with van der Waals surface area (Å²) in [5.74, 6) is 0.607. The molecule has 0 aliphatic carbocycles. The third kappa shape index (κ3) is 4.20. The monoisotopic (exact) mass is 359 g/mol. The summed E-state index contributed by atoms with van der Waals surface area (Å²) >= 11 is 0. The molecule has 136 valence electrons. The van der Waals surface area contributed by atoms with Gasteiger partial charge in [-0.1, -0.05) is 30.3 Å². The zero-order valence-corrected chi connectivity index (χ0v) is 15.1. The first-order valence-corrected chi connectivity index (χ1v) is 8.87. The third-order valence-electron chi connectivity index (χ3n) is 4.40. The van der Waals surface area contributed by atoms with Crippen molar-refractivity contribution in [1.82, 2.24) is 29.3 Å². The summed E-state index contributed by atoms with van der Waals surface area (Å²) in [4.78, 5) is 13.2. The van der Waals surface area contributed by atoms with Crippen molar-refractivity contribution in [2.75, 3.05) is 5.32 Å². The number of hydrogen-bond donors (Lipinski definition) is 1. The highest BCUT2D eigenvalue weighted by atomic mass is 15.2. The van der Waals surface area contributed by atoms with Crippen LogP contribution in [0.1, 0.15) is 18.0 Å². The summed E-state index contributed by atoms with van der Waals surface area (Å²) in [5, 5.41) is 7.71. The molecule has 3 heterocycles. The minimum Gasteiger partial charge on any atom is -0.347 e. The Morgan fingerprint density at radius 2 is 2.00 bits per heavy atom. The number of hydrogen-bond acceptors (Lipinski definition) is 5. The van der Waals surface area contributed by atoms with Gasteiger partial charge in [0.25, 0.3) is 0 Å². The molecule has 7 heteroatoms. The summed E-state index contributed by atoms with van der Waals surface area (Å²) in [5.41, 5.74) is 3.02. The van der Waals surface area contributed by atoms with Crippen molar-refractivity contribution < 1.29 is 0 Å². The molecule has 1 unspecified atom stereocenters. The summed E-state index contributed by atoms with van der Waals surface area (Å²) in [7, 11) is 1.89. The zero-order valence-electron chi connectivity index (χ0n) is 15.1. The maximum absolute atomic E-state index is 4.67. The van der Waals surface area contributed by atoms with Crippen LogP contribution in [0, 0.1) is 0 Å². The van der Waals surface area contributed by atoms with E-state index < -0.39 is 0 Å². The number of nitrogens with one attached hydrogen (secondary N) is 1. The van der Waals surface area contributed by atoms with Crippen molar-refractivity contribution in [3.8, 4) is 11.3 Å². The number of imidazole rings is 1. The Hall–Kier alpha value is -3.48. The Labute approximate surface area is 157 Å². The van der Waals surface area contributed by atoms with Crippen LogP contribution in [0.25, 0.3) is 11.3 Å². The van der Waals surface area contributed by atoms with Gasteiger partial charge < -0.3 is 9.88 Å². The number of anilines is 1. The molecule has 1 aromatic carbocycles. The fraction of sp³-hybridized carbons (Fsp3) is 0.200. The smallest absolute Gasteiger partial charge is 0.223 e. The van der Waals surface area contributed by atoms with Gasteiger partial charge >= 0.3 is 0 Å². The van der Waals surface area contributed by atoms with E-state index in [9.17, 15) is 0 Å². The molecule has 0 aliphatic rings. The molecule has 3 aromatic heterocycles. The highest BCUT2D eigenvalue weighted by molar-refractivity contribution is 5.58. The molecule has 0 bridgehead atoms. The molecule has 7 nitrogen and oxygen atoms in total. The summed E-state index contributed by atoms with van der Waals surface area (Å²) in [6.45, 7) is 0.856. The molecule has 0 saturated carbocycles. The number of aromatic nitrogens is 6. The zero-order chi connectivity index (χ0) is 18.5. The summed E-state index contributed by atoms with van der Waals surface area (Å²) in [6.07, 6.45) is 12.0. The van der Waals surface area contributed by atoms with Gasteiger partial charge in [-0.3, -0.25) is 4.68 Å². The van der Waals surface area contributed by atoms with Crippen molar-refractivity contribution in [2.45, 2.75) is 19.0 Å². The SMILES string of the molecule is Cn1cc(-c2ccnc(NC(CCn3ccnc3)c3ccccc3)n2)cn1. The number of nitrogens with zero attached hydrogens (tertiary/aromatic N) is 6. The van der Waals surface area contributed by atoms with Gasteiger partial charge in [-0.05, 0) is 18.1 Å². The topological polar surface area (TPSA) is 73.5 Å². The van der Waals surface area contributed by atoms with Crippen LogP contribution in [0.15, 0.2) is 73.7 Å². The molecule has 1 atom stereocenters. The van der Waals surface area contributed by atoms with Gasteiger partial charge in [0.2, 0.25) is 5.95 Å². The van der Waals surface area contributed by atoms with Crippen molar-refractivity contribution in [1.29, 1.82) is 0 Å². The molecule has 4 aromatic rings. The Kier molecular flexibility index (Phi) is 4.91. The van der Waals surface area contributed by atoms with Crippen LogP contribution in [-0.2, 0) is 13.6 Å². The van der Waals surface area contributed by atoms with E-state index in [2.05, 4.69) is 42.1 Å². The van der Waals surface area contributed by atoms with Gasteiger partial charge in [0.1, 0.15) is 0 Å². The third-order valence-corrected chi connectivity index (χ3v) is 4.40. The molecule has 0 amide bonds. The first kappa shape index (κ1) is 17.0. The fourth-order valence-electron chi connectivity index (χ4n) is 3.00. The molecular formula is C20H21N7. The van der Waals surface area contributed by atoms with Crippen molar-refractivity contribution in [3.63, 3.8) is 0 Å². The van der Waals surface area contributed by atoms with E-state index in [4.69, 9.17) is 0 Å². The standard InChI is InChI=1S/C20H21N7/c1-26-14-17(13-23-26)18-7-9-22-20(24-18)25-19(16-5-3-2-4-6-16)8-11-27-12-10-21-15-27/h2-7,9-10,12-15,19H,8,11H2,1H3,(H,22,24,25). The summed E-state index contributed by atoms with van der Waals surface area (Å²) in [6, 6.07) is 12.4. The van der Waals surface area contributed by atoms with Gasteiger partial charge in [0.15, 0.2) is 0 Å². The maximum atomic E-state index is 4.67. The van der Waals surface area contributed by atoms with Crippen LogP contribution >= 0.6 is 0 Å². The van der Waals surface area contributed by atoms with E-state index in [0.717, 1.165) is 24.2 Å². The predicted molar refractivity (Wildman–Crippen MR) is 104 cm³/mol. The predicted octanol–water partition coefficient (Wildman–Crippen LogP) is 3.32. The lowest BCUT2D eigenvalue weighted by Gasteiger charge is -2.19. The number of benzene rings is 1. The highest BCUT2D eigenvalue weighted by Gasteiger charge is 2.14. The fourth-order valence-corrected chi connectivity index (χ4v) is 3.00. The molecule has 4 rings (SSSR count). The lowest BCUT2D eigenvalue weighted by atomic mass is 10.0. The number of aryl methyl sites for hydroxylation is 2. The van der Waals surface area contributed by atoms with Crippen LogP contribution in [0.2, 0.25) is 0 Å². The van der Waals surface area contributed by atoms with Gasteiger partial charge in [-0.2, -0.15) is 5.10 Å². The summed E-state index contributed by atoms with van der Waals surface area (Å²) < 4.78 is 3.84. The first-order valence-electron chi connectivity index (χ1n) is 8.87. The quantitative estimate of drug-likeness (QED) is 0.548.